The van der Waals surface area contributed by atoms with Crippen LogP contribution in [0.25, 0.3) is 21.8 Å². The Balaban J connectivity index is 1.28. The Labute approximate surface area is 213 Å². The highest BCUT2D eigenvalue weighted by Gasteiger charge is 2.31. The van der Waals surface area contributed by atoms with Crippen LogP contribution < -0.4 is 10.5 Å². The molecule has 6 rings (SSSR count). The largest absolute Gasteiger partial charge is 0.491 e. The fourth-order valence-corrected chi connectivity index (χ4v) is 4.79. The van der Waals surface area contributed by atoms with Crippen LogP contribution in [0.2, 0.25) is 0 Å². The summed E-state index contributed by atoms with van der Waals surface area (Å²) >= 11 is 0. The van der Waals surface area contributed by atoms with Gasteiger partial charge in [-0.25, -0.2) is 4.98 Å². The zero-order valence-corrected chi connectivity index (χ0v) is 21.0. The Kier molecular flexibility index (Phi) is 5.12. The molecule has 2 N–H and O–H groups in total. The smallest absolute Gasteiger partial charge is 0.254 e. The molecule has 0 fully saturated rings. The average Bonchev–Trinajstić information content (AvgIpc) is 3.59. The van der Waals surface area contributed by atoms with Crippen LogP contribution >= 0.6 is 0 Å². The van der Waals surface area contributed by atoms with Crippen molar-refractivity contribution in [1.82, 2.24) is 29.4 Å². The number of anilines is 1. The number of hydrogen-bond acceptors (Lipinski definition) is 6. The van der Waals surface area contributed by atoms with Crippen molar-refractivity contribution in [2.75, 3.05) is 19.4 Å². The highest BCUT2D eigenvalue weighted by molar-refractivity contribution is 6.10. The van der Waals surface area contributed by atoms with Gasteiger partial charge in [0.1, 0.15) is 18.2 Å². The molecule has 5 aromatic rings. The molecule has 1 amide bonds. The molecule has 184 valence electrons. The number of hydrogen-bond donors (Lipinski definition) is 1. The van der Waals surface area contributed by atoms with E-state index in [4.69, 9.17) is 10.5 Å². The van der Waals surface area contributed by atoms with Crippen LogP contribution in [0, 0.1) is 18.8 Å². The fourth-order valence-electron chi connectivity index (χ4n) is 4.79. The van der Waals surface area contributed by atoms with Crippen molar-refractivity contribution in [2.24, 2.45) is 14.1 Å². The lowest BCUT2D eigenvalue weighted by Crippen LogP contribution is -2.32. The minimum atomic E-state index is -0.206. The van der Waals surface area contributed by atoms with Gasteiger partial charge >= 0.3 is 0 Å². The monoisotopic (exact) mass is 491 g/mol. The quantitative estimate of drug-likeness (QED) is 0.380. The molecule has 9 nitrogen and oxygen atoms in total. The van der Waals surface area contributed by atoms with Gasteiger partial charge in [-0.05, 0) is 37.3 Å². The Morgan fingerprint density at radius 2 is 1.89 bits per heavy atom. The van der Waals surface area contributed by atoms with Gasteiger partial charge in [0.25, 0.3) is 5.91 Å². The lowest BCUT2D eigenvalue weighted by Gasteiger charge is -2.24. The second-order valence-electron chi connectivity index (χ2n) is 9.27. The number of pyridine rings is 1. The van der Waals surface area contributed by atoms with Gasteiger partial charge in [-0.2, -0.15) is 10.2 Å². The normalized spacial score (nSPS) is 14.3. The number of nitrogen functional groups attached to an aromatic ring is 1. The summed E-state index contributed by atoms with van der Waals surface area (Å²) in [5.74, 6) is 7.43. The first-order chi connectivity index (χ1) is 17.8. The van der Waals surface area contributed by atoms with Gasteiger partial charge in [0.05, 0.1) is 46.1 Å². The molecule has 37 heavy (non-hydrogen) atoms. The number of fused-ring (bicyclic) bond motifs is 4. The standard InChI is InChI=1S/C28H25N7O2/c1-16-19(13-30-34(16)3)7-5-17-6-9-20-24(15-37-25(20)11-17)33(2)28(36)18-8-10-23-21(12-18)26-22(27(29)32-23)14-31-35(26)4/h6,8-14,24H,15H2,1-4H3,(H2,29,32)/t24-/m1/s1. The first-order valence-electron chi connectivity index (χ1n) is 11.9. The molecule has 0 unspecified atom stereocenters. The number of amides is 1. The summed E-state index contributed by atoms with van der Waals surface area (Å²) in [6.07, 6.45) is 3.46. The minimum Gasteiger partial charge on any atom is -0.491 e. The average molecular weight is 492 g/mol. The summed E-state index contributed by atoms with van der Waals surface area (Å²) < 4.78 is 9.53. The van der Waals surface area contributed by atoms with Crippen LogP contribution in [0.1, 0.15) is 38.8 Å². The number of ether oxygens (including phenoxy) is 1. The minimum absolute atomic E-state index is 0.105. The number of rotatable bonds is 2. The molecule has 0 aliphatic carbocycles. The summed E-state index contributed by atoms with van der Waals surface area (Å²) in [5, 5.41) is 10.2. The molecular weight excluding hydrogens is 466 g/mol. The Morgan fingerprint density at radius 1 is 1.08 bits per heavy atom. The molecule has 0 saturated heterocycles. The lowest BCUT2D eigenvalue weighted by atomic mass is 10.0. The van der Waals surface area contributed by atoms with Crippen molar-refractivity contribution >= 4 is 33.5 Å². The third kappa shape index (κ3) is 3.65. The van der Waals surface area contributed by atoms with Crippen molar-refractivity contribution in [3.8, 4) is 17.6 Å². The number of likely N-dealkylation sites (N-methyl/N-ethyl adjacent to an activating group) is 1. The van der Waals surface area contributed by atoms with E-state index in [0.29, 0.717) is 18.0 Å². The number of aromatic nitrogens is 5. The van der Waals surface area contributed by atoms with Gasteiger partial charge in [0.15, 0.2) is 0 Å². The molecule has 4 heterocycles. The highest BCUT2D eigenvalue weighted by Crippen LogP contribution is 2.37. The molecule has 0 spiro atoms. The van der Waals surface area contributed by atoms with E-state index in [2.05, 4.69) is 27.0 Å². The molecule has 3 aromatic heterocycles. The third-order valence-corrected chi connectivity index (χ3v) is 7.09. The van der Waals surface area contributed by atoms with Gasteiger partial charge in [0, 0.05) is 43.2 Å². The summed E-state index contributed by atoms with van der Waals surface area (Å²) in [6.45, 7) is 2.37. The van der Waals surface area contributed by atoms with Crippen LogP contribution in [0.4, 0.5) is 5.82 Å². The van der Waals surface area contributed by atoms with Crippen molar-refractivity contribution in [3.05, 3.63) is 76.7 Å². The molecule has 2 aromatic carbocycles. The van der Waals surface area contributed by atoms with Gasteiger partial charge in [-0.15, -0.1) is 0 Å². The number of carbonyl (C=O) groups is 1. The molecule has 1 atom stereocenters. The van der Waals surface area contributed by atoms with Crippen molar-refractivity contribution in [3.63, 3.8) is 0 Å². The van der Waals surface area contributed by atoms with Gasteiger partial charge < -0.3 is 15.4 Å². The second kappa shape index (κ2) is 8.38. The van der Waals surface area contributed by atoms with Crippen LogP contribution in [0.15, 0.2) is 48.8 Å². The van der Waals surface area contributed by atoms with E-state index in [1.807, 2.05) is 51.4 Å². The molecule has 0 radical (unpaired) electrons. The highest BCUT2D eigenvalue weighted by atomic mass is 16.5. The van der Waals surface area contributed by atoms with E-state index >= 15 is 0 Å². The summed E-state index contributed by atoms with van der Waals surface area (Å²) in [4.78, 5) is 19.8. The van der Waals surface area contributed by atoms with E-state index in [1.165, 1.54) is 0 Å². The van der Waals surface area contributed by atoms with Gasteiger partial charge in [0.2, 0.25) is 0 Å². The van der Waals surface area contributed by atoms with Crippen molar-refractivity contribution in [1.29, 1.82) is 0 Å². The van der Waals surface area contributed by atoms with Gasteiger partial charge in [-0.3, -0.25) is 14.2 Å². The Hall–Kier alpha value is -4.84. The number of carbonyl (C=O) groups excluding carboxylic acids is 1. The molecule has 0 bridgehead atoms. The zero-order chi connectivity index (χ0) is 25.8. The molecule has 1 aliphatic rings. The predicted molar refractivity (Wildman–Crippen MR) is 141 cm³/mol. The van der Waals surface area contributed by atoms with Crippen LogP contribution in [0.5, 0.6) is 5.75 Å². The van der Waals surface area contributed by atoms with E-state index in [0.717, 1.165) is 49.9 Å². The third-order valence-electron chi connectivity index (χ3n) is 7.09. The first kappa shape index (κ1) is 22.6. The fraction of sp³-hybridized carbons (Fsp3) is 0.214. The SMILES string of the molecule is Cc1c(C#Cc2ccc3c(c2)OC[C@H]3N(C)C(=O)c2ccc3nc(N)c4cnn(C)c4c3c2)cnn1C. The maximum atomic E-state index is 13.5. The van der Waals surface area contributed by atoms with Crippen LogP contribution in [-0.2, 0) is 14.1 Å². The number of aryl methyl sites for hydroxylation is 2. The van der Waals surface area contributed by atoms with Crippen molar-refractivity contribution < 1.29 is 9.53 Å². The Morgan fingerprint density at radius 3 is 2.68 bits per heavy atom. The summed E-state index contributed by atoms with van der Waals surface area (Å²) in [6, 6.07) is 11.1. The van der Waals surface area contributed by atoms with E-state index in [1.54, 1.807) is 39.8 Å². The first-order valence-corrected chi connectivity index (χ1v) is 11.9. The zero-order valence-electron chi connectivity index (χ0n) is 21.0. The second-order valence-corrected chi connectivity index (χ2v) is 9.27. The lowest BCUT2D eigenvalue weighted by molar-refractivity contribution is 0.0708. The van der Waals surface area contributed by atoms with Gasteiger partial charge in [-0.1, -0.05) is 17.9 Å². The molecule has 0 saturated carbocycles. The van der Waals surface area contributed by atoms with Crippen LogP contribution in [0.3, 0.4) is 0 Å². The predicted octanol–water partition coefficient (Wildman–Crippen LogP) is 3.35. The Bertz CT molecular complexity index is 1790. The number of nitrogens with zero attached hydrogens (tertiary/aromatic N) is 6. The number of nitrogens with two attached hydrogens (primary N) is 1. The molecule has 9 heteroatoms. The topological polar surface area (TPSA) is 104 Å². The molecule has 1 aliphatic heterocycles. The van der Waals surface area contributed by atoms with E-state index < -0.39 is 0 Å². The summed E-state index contributed by atoms with van der Waals surface area (Å²) in [5.41, 5.74) is 12.0. The maximum absolute atomic E-state index is 13.5. The maximum Gasteiger partial charge on any atom is 0.254 e. The number of benzene rings is 2. The molecular formula is C28H25N7O2. The van der Waals surface area contributed by atoms with Crippen LogP contribution in [-0.4, -0.2) is 49.0 Å². The van der Waals surface area contributed by atoms with E-state index in [9.17, 15) is 4.79 Å². The van der Waals surface area contributed by atoms with Crippen molar-refractivity contribution in [2.45, 2.75) is 13.0 Å². The summed E-state index contributed by atoms with van der Waals surface area (Å²) in [7, 11) is 5.55. The van der Waals surface area contributed by atoms with E-state index in [-0.39, 0.29) is 11.9 Å².